The minimum absolute atomic E-state index is 0. The van der Waals surface area contributed by atoms with Crippen molar-refractivity contribution in [3.8, 4) is 0 Å². The van der Waals surface area contributed by atoms with Crippen molar-refractivity contribution in [2.45, 2.75) is 20.4 Å². The Hall–Kier alpha value is -0.780. The fraction of sp³-hybridized carbons (Fsp3) is 0.429. The molecular formula is C14H19BrN2OS. The number of likely N-dealkylation sites (N-methyl/N-ethyl adjacent to an activating group) is 1. The zero-order valence-electron chi connectivity index (χ0n) is 11.3. The Balaban J connectivity index is 0.00000180. The number of fused-ring (bicyclic) bond motifs is 1. The van der Waals surface area contributed by atoms with Crippen molar-refractivity contribution < 1.29 is 26.3 Å². The van der Waals surface area contributed by atoms with Crippen molar-refractivity contribution in [3.05, 3.63) is 29.8 Å². The van der Waals surface area contributed by atoms with Crippen LogP contribution in [0, 0.1) is 0 Å². The predicted molar refractivity (Wildman–Crippen MR) is 74.8 cm³/mol. The van der Waals surface area contributed by atoms with Gasteiger partial charge in [-0.3, -0.25) is 9.69 Å². The number of thiazole rings is 1. The zero-order valence-corrected chi connectivity index (χ0v) is 13.7. The number of rotatable bonds is 6. The third-order valence-corrected chi connectivity index (χ3v) is 4.08. The Morgan fingerprint density at radius 2 is 1.95 bits per heavy atom. The summed E-state index contributed by atoms with van der Waals surface area (Å²) < 4.78 is 3.28. The molecule has 0 spiro atoms. The molecule has 0 atom stereocenters. The first-order valence-corrected chi connectivity index (χ1v) is 7.22. The van der Waals surface area contributed by atoms with Gasteiger partial charge < -0.3 is 17.0 Å². The molecule has 0 saturated heterocycles. The van der Waals surface area contributed by atoms with Crippen molar-refractivity contribution in [2.75, 3.05) is 19.6 Å². The van der Waals surface area contributed by atoms with Gasteiger partial charge >= 0.3 is 0 Å². The van der Waals surface area contributed by atoms with E-state index < -0.39 is 0 Å². The number of Topliss-reactive ketones (excluding diaryl/α,β-unsaturated/α-hetero) is 1. The van der Waals surface area contributed by atoms with Crippen molar-refractivity contribution in [1.29, 1.82) is 0 Å². The Morgan fingerprint density at radius 1 is 1.26 bits per heavy atom. The molecule has 5 heteroatoms. The van der Waals surface area contributed by atoms with Gasteiger partial charge in [-0.2, -0.15) is 4.57 Å². The second kappa shape index (κ2) is 7.72. The van der Waals surface area contributed by atoms with Crippen LogP contribution in [0.3, 0.4) is 0 Å². The van der Waals surface area contributed by atoms with E-state index in [-0.39, 0.29) is 22.8 Å². The van der Waals surface area contributed by atoms with Gasteiger partial charge in [0.15, 0.2) is 0 Å². The fourth-order valence-electron chi connectivity index (χ4n) is 2.03. The van der Waals surface area contributed by atoms with Crippen molar-refractivity contribution in [1.82, 2.24) is 4.90 Å². The van der Waals surface area contributed by atoms with Gasteiger partial charge in [0.25, 0.3) is 0 Å². The SMILES string of the molecule is CCN(CC)CC(=O)C[n+]1csc2ccccc21.[Br-]. The number of aromatic nitrogens is 1. The van der Waals surface area contributed by atoms with Gasteiger partial charge in [-0.05, 0) is 19.2 Å². The number of hydrogen-bond donors (Lipinski definition) is 0. The maximum Gasteiger partial charge on any atom is 0.226 e. The predicted octanol–water partition coefficient (Wildman–Crippen LogP) is -0.896. The summed E-state index contributed by atoms with van der Waals surface area (Å²) in [4.78, 5) is 14.2. The zero-order chi connectivity index (χ0) is 13.0. The lowest BCUT2D eigenvalue weighted by molar-refractivity contribution is -0.653. The molecule has 0 aliphatic carbocycles. The number of ketones is 1. The van der Waals surface area contributed by atoms with Crippen LogP contribution < -0.4 is 21.5 Å². The molecule has 0 unspecified atom stereocenters. The number of halogens is 1. The molecule has 0 amide bonds. The molecule has 2 rings (SSSR count). The highest BCUT2D eigenvalue weighted by Gasteiger charge is 2.16. The van der Waals surface area contributed by atoms with Crippen LogP contribution in [0.25, 0.3) is 10.2 Å². The molecule has 0 saturated carbocycles. The summed E-state index contributed by atoms with van der Waals surface area (Å²) in [5.41, 5.74) is 3.18. The maximum absolute atomic E-state index is 12.0. The van der Waals surface area contributed by atoms with Crippen molar-refractivity contribution in [2.24, 2.45) is 0 Å². The topological polar surface area (TPSA) is 24.2 Å². The highest BCUT2D eigenvalue weighted by atomic mass is 79.9. The summed E-state index contributed by atoms with van der Waals surface area (Å²) in [7, 11) is 0. The smallest absolute Gasteiger partial charge is 0.226 e. The number of carbonyl (C=O) groups excluding carboxylic acids is 1. The Labute approximate surface area is 128 Å². The van der Waals surface area contributed by atoms with Gasteiger partial charge in [-0.15, -0.1) is 0 Å². The number of nitrogens with zero attached hydrogens (tertiary/aromatic N) is 2. The third-order valence-electron chi connectivity index (χ3n) is 3.12. The van der Waals surface area contributed by atoms with E-state index in [1.54, 1.807) is 11.3 Å². The molecule has 0 aliphatic rings. The van der Waals surface area contributed by atoms with E-state index in [2.05, 4.69) is 30.9 Å². The van der Waals surface area contributed by atoms with Crippen LogP contribution in [0.2, 0.25) is 0 Å². The van der Waals surface area contributed by atoms with Crippen LogP contribution in [0.4, 0.5) is 0 Å². The maximum atomic E-state index is 12.0. The van der Waals surface area contributed by atoms with E-state index >= 15 is 0 Å². The van der Waals surface area contributed by atoms with Crippen LogP contribution >= 0.6 is 11.3 Å². The van der Waals surface area contributed by atoms with E-state index in [0.29, 0.717) is 13.1 Å². The van der Waals surface area contributed by atoms with Gasteiger partial charge in [0.1, 0.15) is 4.70 Å². The number of benzene rings is 1. The van der Waals surface area contributed by atoms with Crippen molar-refractivity contribution >= 4 is 27.3 Å². The van der Waals surface area contributed by atoms with Crippen LogP contribution in [0.5, 0.6) is 0 Å². The molecule has 2 aromatic rings. The quantitative estimate of drug-likeness (QED) is 0.636. The monoisotopic (exact) mass is 342 g/mol. The van der Waals surface area contributed by atoms with Gasteiger partial charge in [-0.1, -0.05) is 37.3 Å². The fourth-order valence-corrected chi connectivity index (χ4v) is 2.92. The summed E-state index contributed by atoms with van der Waals surface area (Å²) >= 11 is 1.68. The molecule has 0 radical (unpaired) electrons. The number of hydrogen-bond acceptors (Lipinski definition) is 3. The molecule has 1 heterocycles. The molecule has 104 valence electrons. The lowest BCUT2D eigenvalue weighted by Crippen LogP contribution is -3.00. The third kappa shape index (κ3) is 4.09. The van der Waals surface area contributed by atoms with E-state index in [1.807, 2.05) is 22.2 Å². The Bertz CT molecular complexity index is 537. The molecule has 19 heavy (non-hydrogen) atoms. The van der Waals surface area contributed by atoms with Gasteiger partial charge in [0.2, 0.25) is 23.4 Å². The molecule has 0 N–H and O–H groups in total. The van der Waals surface area contributed by atoms with Crippen LogP contribution in [0.1, 0.15) is 13.8 Å². The molecular weight excluding hydrogens is 324 g/mol. The number of para-hydroxylation sites is 1. The average molecular weight is 343 g/mol. The average Bonchev–Trinajstić information content (AvgIpc) is 2.79. The molecule has 0 aliphatic heterocycles. The highest BCUT2D eigenvalue weighted by Crippen LogP contribution is 2.14. The van der Waals surface area contributed by atoms with Crippen LogP contribution in [0.15, 0.2) is 29.8 Å². The summed E-state index contributed by atoms with van der Waals surface area (Å²) in [6.07, 6.45) is 0. The second-order valence-electron chi connectivity index (χ2n) is 4.32. The summed E-state index contributed by atoms with van der Waals surface area (Å²) in [6, 6.07) is 8.20. The summed E-state index contributed by atoms with van der Waals surface area (Å²) in [6.45, 7) is 7.05. The summed E-state index contributed by atoms with van der Waals surface area (Å²) in [5.74, 6) is 0.271. The van der Waals surface area contributed by atoms with Gasteiger partial charge in [0.05, 0.1) is 6.54 Å². The second-order valence-corrected chi connectivity index (χ2v) is 5.21. The number of carbonyl (C=O) groups is 1. The lowest BCUT2D eigenvalue weighted by atomic mass is 10.3. The Morgan fingerprint density at radius 3 is 2.63 bits per heavy atom. The highest BCUT2D eigenvalue weighted by molar-refractivity contribution is 7.16. The molecule has 0 fully saturated rings. The summed E-state index contributed by atoms with van der Waals surface area (Å²) in [5, 5.41) is 0. The normalized spacial score (nSPS) is 10.7. The minimum Gasteiger partial charge on any atom is -1.00 e. The molecule has 1 aromatic carbocycles. The molecule has 3 nitrogen and oxygen atoms in total. The standard InChI is InChI=1S/C14H19N2OS.BrH/c1-3-15(4-2)9-12(17)10-16-11-18-14-8-6-5-7-13(14)16;/h5-8,11H,3-4,9-10H2,1-2H3;1H/q+1;/p-1. The molecule has 0 bridgehead atoms. The molecule has 1 aromatic heterocycles. The lowest BCUT2D eigenvalue weighted by Gasteiger charge is -2.15. The first-order chi connectivity index (χ1) is 8.74. The van der Waals surface area contributed by atoms with Crippen LogP contribution in [-0.4, -0.2) is 30.3 Å². The van der Waals surface area contributed by atoms with Gasteiger partial charge in [-0.25, -0.2) is 0 Å². The Kier molecular flexibility index (Phi) is 6.62. The first kappa shape index (κ1) is 16.3. The van der Waals surface area contributed by atoms with E-state index in [1.165, 1.54) is 4.70 Å². The first-order valence-electron chi connectivity index (χ1n) is 6.34. The van der Waals surface area contributed by atoms with E-state index in [4.69, 9.17) is 0 Å². The van der Waals surface area contributed by atoms with E-state index in [0.717, 1.165) is 18.6 Å². The largest absolute Gasteiger partial charge is 1.00 e. The van der Waals surface area contributed by atoms with Crippen LogP contribution in [-0.2, 0) is 11.3 Å². The minimum atomic E-state index is 0. The van der Waals surface area contributed by atoms with Gasteiger partial charge in [0, 0.05) is 6.07 Å². The van der Waals surface area contributed by atoms with E-state index in [9.17, 15) is 4.79 Å². The van der Waals surface area contributed by atoms with Crippen molar-refractivity contribution in [3.63, 3.8) is 0 Å².